The summed E-state index contributed by atoms with van der Waals surface area (Å²) in [6.07, 6.45) is 0. The Labute approximate surface area is 59.7 Å². The predicted octanol–water partition coefficient (Wildman–Crippen LogP) is 0.123. The SMILES string of the molecule is COCC(C)(OC)C(=O)O. The Bertz CT molecular complexity index is 123. The van der Waals surface area contributed by atoms with Crippen molar-refractivity contribution < 1.29 is 19.4 Å². The third kappa shape index (κ3) is 1.97. The molecule has 0 saturated heterocycles. The van der Waals surface area contributed by atoms with E-state index in [1.165, 1.54) is 21.1 Å². The van der Waals surface area contributed by atoms with E-state index >= 15 is 0 Å². The predicted molar refractivity (Wildman–Crippen MR) is 34.9 cm³/mol. The Morgan fingerprint density at radius 2 is 2.10 bits per heavy atom. The molecule has 60 valence electrons. The van der Waals surface area contributed by atoms with Gasteiger partial charge in [-0.15, -0.1) is 0 Å². The molecule has 1 unspecified atom stereocenters. The Morgan fingerprint density at radius 1 is 1.60 bits per heavy atom. The third-order valence-corrected chi connectivity index (χ3v) is 1.32. The summed E-state index contributed by atoms with van der Waals surface area (Å²) in [6, 6.07) is 0. The zero-order valence-corrected chi connectivity index (χ0v) is 6.38. The number of rotatable bonds is 4. The smallest absolute Gasteiger partial charge is 0.338 e. The normalized spacial score (nSPS) is 16.3. The quantitative estimate of drug-likeness (QED) is 0.615. The van der Waals surface area contributed by atoms with Crippen LogP contribution < -0.4 is 0 Å². The second-order valence-electron chi connectivity index (χ2n) is 2.17. The van der Waals surface area contributed by atoms with Crippen molar-refractivity contribution in [1.82, 2.24) is 0 Å². The summed E-state index contributed by atoms with van der Waals surface area (Å²) in [7, 11) is 2.77. The standard InChI is InChI=1S/C6H12O4/c1-6(10-3,4-9-2)5(7)8/h4H2,1-3H3,(H,7,8). The van der Waals surface area contributed by atoms with E-state index in [1.807, 2.05) is 0 Å². The highest BCUT2D eigenvalue weighted by Gasteiger charge is 2.32. The number of carboxylic acid groups (broad SMARTS) is 1. The van der Waals surface area contributed by atoms with Crippen LogP contribution in [0, 0.1) is 0 Å². The van der Waals surface area contributed by atoms with E-state index in [-0.39, 0.29) is 6.61 Å². The molecule has 0 bridgehead atoms. The number of ether oxygens (including phenoxy) is 2. The lowest BCUT2D eigenvalue weighted by molar-refractivity contribution is -0.165. The maximum atomic E-state index is 10.4. The van der Waals surface area contributed by atoms with Crippen molar-refractivity contribution in [3.05, 3.63) is 0 Å². The number of hydrogen-bond acceptors (Lipinski definition) is 3. The van der Waals surface area contributed by atoms with Crippen molar-refractivity contribution in [3.63, 3.8) is 0 Å². The highest BCUT2D eigenvalue weighted by molar-refractivity contribution is 5.77. The highest BCUT2D eigenvalue weighted by Crippen LogP contribution is 2.08. The number of hydrogen-bond donors (Lipinski definition) is 1. The minimum Gasteiger partial charge on any atom is -0.479 e. The van der Waals surface area contributed by atoms with Gasteiger partial charge in [-0.2, -0.15) is 0 Å². The fraction of sp³-hybridized carbons (Fsp3) is 0.833. The van der Waals surface area contributed by atoms with Gasteiger partial charge in [0.25, 0.3) is 0 Å². The largest absolute Gasteiger partial charge is 0.479 e. The minimum absolute atomic E-state index is 0.0544. The maximum absolute atomic E-state index is 10.4. The van der Waals surface area contributed by atoms with Crippen molar-refractivity contribution in [3.8, 4) is 0 Å². The van der Waals surface area contributed by atoms with Crippen LogP contribution in [-0.2, 0) is 14.3 Å². The fourth-order valence-electron chi connectivity index (χ4n) is 0.483. The van der Waals surface area contributed by atoms with Crippen molar-refractivity contribution in [1.29, 1.82) is 0 Å². The van der Waals surface area contributed by atoms with Crippen LogP contribution in [0.15, 0.2) is 0 Å². The monoisotopic (exact) mass is 148 g/mol. The Morgan fingerprint density at radius 3 is 2.20 bits per heavy atom. The summed E-state index contributed by atoms with van der Waals surface area (Å²) in [5.74, 6) is -1.02. The average Bonchev–Trinajstić information content (AvgIpc) is 1.88. The molecule has 0 amide bonds. The zero-order chi connectivity index (χ0) is 8.20. The van der Waals surface area contributed by atoms with Crippen molar-refractivity contribution in [2.24, 2.45) is 0 Å². The molecular weight excluding hydrogens is 136 g/mol. The van der Waals surface area contributed by atoms with Crippen LogP contribution >= 0.6 is 0 Å². The lowest BCUT2D eigenvalue weighted by Crippen LogP contribution is -2.41. The Kier molecular flexibility index (Phi) is 3.32. The Balaban J connectivity index is 4.08. The van der Waals surface area contributed by atoms with Gasteiger partial charge in [-0.25, -0.2) is 4.79 Å². The molecule has 0 fully saturated rings. The molecule has 0 aliphatic rings. The maximum Gasteiger partial charge on any atom is 0.338 e. The second kappa shape index (κ2) is 3.53. The van der Waals surface area contributed by atoms with Gasteiger partial charge in [0.1, 0.15) is 0 Å². The fourth-order valence-corrected chi connectivity index (χ4v) is 0.483. The summed E-state index contributed by atoms with van der Waals surface area (Å²) < 4.78 is 9.37. The number of carboxylic acids is 1. The second-order valence-corrected chi connectivity index (χ2v) is 2.17. The highest BCUT2D eigenvalue weighted by atomic mass is 16.5. The van der Waals surface area contributed by atoms with Gasteiger partial charge >= 0.3 is 5.97 Å². The van der Waals surface area contributed by atoms with Crippen molar-refractivity contribution in [2.45, 2.75) is 12.5 Å². The topological polar surface area (TPSA) is 55.8 Å². The van der Waals surface area contributed by atoms with Gasteiger partial charge in [0.05, 0.1) is 6.61 Å². The molecule has 0 aromatic carbocycles. The molecule has 10 heavy (non-hydrogen) atoms. The van der Waals surface area contributed by atoms with E-state index < -0.39 is 11.6 Å². The first-order chi connectivity index (χ1) is 4.56. The number of carbonyl (C=O) groups is 1. The summed E-state index contributed by atoms with van der Waals surface area (Å²) in [5.41, 5.74) is -1.21. The molecule has 0 saturated carbocycles. The summed E-state index contributed by atoms with van der Waals surface area (Å²) in [4.78, 5) is 10.4. The van der Waals surface area contributed by atoms with E-state index in [0.29, 0.717) is 0 Å². The van der Waals surface area contributed by atoms with Crippen LogP contribution in [0.2, 0.25) is 0 Å². The molecule has 0 aliphatic carbocycles. The molecular formula is C6H12O4. The Hall–Kier alpha value is -0.610. The summed E-state index contributed by atoms with van der Waals surface area (Å²) in [6.45, 7) is 1.51. The molecule has 0 heterocycles. The van der Waals surface area contributed by atoms with Gasteiger partial charge in [0.2, 0.25) is 0 Å². The van der Waals surface area contributed by atoms with Crippen LogP contribution in [0.3, 0.4) is 0 Å². The van der Waals surface area contributed by atoms with E-state index in [0.717, 1.165) is 0 Å². The van der Waals surface area contributed by atoms with Gasteiger partial charge in [0.15, 0.2) is 5.60 Å². The van der Waals surface area contributed by atoms with Gasteiger partial charge in [-0.3, -0.25) is 0 Å². The molecule has 0 aromatic heterocycles. The van der Waals surface area contributed by atoms with Crippen LogP contribution in [0.1, 0.15) is 6.92 Å². The summed E-state index contributed by atoms with van der Waals surface area (Å²) in [5, 5.41) is 8.56. The molecule has 1 atom stereocenters. The summed E-state index contributed by atoms with van der Waals surface area (Å²) >= 11 is 0. The van der Waals surface area contributed by atoms with Crippen LogP contribution in [0.5, 0.6) is 0 Å². The van der Waals surface area contributed by atoms with E-state index in [1.54, 1.807) is 0 Å². The van der Waals surface area contributed by atoms with E-state index in [2.05, 4.69) is 4.74 Å². The van der Waals surface area contributed by atoms with Gasteiger partial charge < -0.3 is 14.6 Å². The van der Waals surface area contributed by atoms with Crippen LogP contribution in [-0.4, -0.2) is 37.5 Å². The first kappa shape index (κ1) is 9.39. The average molecular weight is 148 g/mol. The van der Waals surface area contributed by atoms with Gasteiger partial charge in [-0.1, -0.05) is 0 Å². The zero-order valence-electron chi connectivity index (χ0n) is 6.38. The van der Waals surface area contributed by atoms with Gasteiger partial charge in [0, 0.05) is 14.2 Å². The van der Waals surface area contributed by atoms with Crippen LogP contribution in [0.4, 0.5) is 0 Å². The van der Waals surface area contributed by atoms with Crippen molar-refractivity contribution in [2.75, 3.05) is 20.8 Å². The molecule has 4 nitrogen and oxygen atoms in total. The number of aliphatic carboxylic acids is 1. The molecule has 1 N–H and O–H groups in total. The van der Waals surface area contributed by atoms with Crippen LogP contribution in [0.25, 0.3) is 0 Å². The van der Waals surface area contributed by atoms with E-state index in [9.17, 15) is 4.79 Å². The molecule has 4 heteroatoms. The third-order valence-electron chi connectivity index (χ3n) is 1.32. The molecule has 0 radical (unpaired) electrons. The first-order valence-electron chi connectivity index (χ1n) is 2.84. The van der Waals surface area contributed by atoms with Gasteiger partial charge in [-0.05, 0) is 6.92 Å². The minimum atomic E-state index is -1.21. The lowest BCUT2D eigenvalue weighted by Gasteiger charge is -2.21. The molecule has 0 aliphatic heterocycles. The first-order valence-corrected chi connectivity index (χ1v) is 2.84. The van der Waals surface area contributed by atoms with Crippen molar-refractivity contribution >= 4 is 5.97 Å². The molecule has 0 rings (SSSR count). The number of methoxy groups -OCH3 is 2. The van der Waals surface area contributed by atoms with E-state index in [4.69, 9.17) is 9.84 Å². The lowest BCUT2D eigenvalue weighted by atomic mass is 10.1. The molecule has 0 spiro atoms. The molecule has 0 aromatic rings.